The van der Waals surface area contributed by atoms with Crippen molar-refractivity contribution >= 4 is 16.3 Å². The van der Waals surface area contributed by atoms with Crippen LogP contribution in [0.15, 0.2) is 0 Å². The lowest BCUT2D eigenvalue weighted by atomic mass is 9.87. The van der Waals surface area contributed by atoms with Crippen LogP contribution in [-0.4, -0.2) is 26.4 Å². The van der Waals surface area contributed by atoms with Gasteiger partial charge in [-0.3, -0.25) is 0 Å². The fourth-order valence-corrected chi connectivity index (χ4v) is 3.66. The molecule has 0 radical (unpaired) electrons. The van der Waals surface area contributed by atoms with Crippen LogP contribution in [0.3, 0.4) is 0 Å². The number of fused-ring (bicyclic) bond motifs is 1. The van der Waals surface area contributed by atoms with E-state index in [0.717, 1.165) is 41.5 Å². The third-order valence-electron chi connectivity index (χ3n) is 3.65. The number of hydrogen-bond acceptors (Lipinski definition) is 5. The molecule has 104 valence electrons. The van der Waals surface area contributed by atoms with Crippen molar-refractivity contribution in [1.82, 2.24) is 19.8 Å². The number of rotatable bonds is 2. The lowest BCUT2D eigenvalue weighted by Crippen LogP contribution is -2.32. The second-order valence-electron chi connectivity index (χ2n) is 4.81. The number of nitrogens with zero attached hydrogens (tertiary/aromatic N) is 4. The van der Waals surface area contributed by atoms with E-state index in [4.69, 9.17) is 5.73 Å². The maximum absolute atomic E-state index is 12.7. The molecule has 2 aromatic heterocycles. The standard InChI is InChI=1S/C10H12F3N5S/c11-10(12,13)6-15-16-8-18(6)17-7(19-8)9(5-14)3-1-2-4-9/h1-5,14H2. The predicted molar refractivity (Wildman–Crippen MR) is 62.9 cm³/mol. The summed E-state index contributed by atoms with van der Waals surface area (Å²) in [5.74, 6) is -1.07. The van der Waals surface area contributed by atoms with E-state index in [0.29, 0.717) is 11.6 Å². The molecule has 2 N–H and O–H groups in total. The topological polar surface area (TPSA) is 69.1 Å². The molecular formula is C10H12F3N5S. The van der Waals surface area contributed by atoms with Gasteiger partial charge in [0.1, 0.15) is 5.01 Å². The number of hydrogen-bond donors (Lipinski definition) is 1. The summed E-state index contributed by atoms with van der Waals surface area (Å²) in [5, 5.41) is 11.4. The van der Waals surface area contributed by atoms with E-state index in [1.165, 1.54) is 0 Å². The molecule has 19 heavy (non-hydrogen) atoms. The second kappa shape index (κ2) is 4.14. The lowest BCUT2D eigenvalue weighted by Gasteiger charge is -2.23. The maximum atomic E-state index is 12.7. The van der Waals surface area contributed by atoms with E-state index >= 15 is 0 Å². The third-order valence-corrected chi connectivity index (χ3v) is 4.79. The monoisotopic (exact) mass is 291 g/mol. The van der Waals surface area contributed by atoms with Gasteiger partial charge in [0.2, 0.25) is 4.96 Å². The average Bonchev–Trinajstić information content (AvgIpc) is 3.01. The van der Waals surface area contributed by atoms with Crippen LogP contribution in [0.25, 0.3) is 4.96 Å². The first kappa shape index (κ1) is 12.8. The summed E-state index contributed by atoms with van der Waals surface area (Å²) in [5.41, 5.74) is 5.53. The molecule has 1 saturated carbocycles. The van der Waals surface area contributed by atoms with Crippen molar-refractivity contribution in [2.24, 2.45) is 5.73 Å². The lowest BCUT2D eigenvalue weighted by molar-refractivity contribution is -0.146. The van der Waals surface area contributed by atoms with Gasteiger partial charge in [0, 0.05) is 12.0 Å². The quantitative estimate of drug-likeness (QED) is 0.918. The predicted octanol–water partition coefficient (Wildman–Crippen LogP) is 1.98. The van der Waals surface area contributed by atoms with Crippen molar-refractivity contribution in [1.29, 1.82) is 0 Å². The van der Waals surface area contributed by atoms with E-state index in [1.54, 1.807) is 0 Å². The molecule has 0 saturated heterocycles. The largest absolute Gasteiger partial charge is 0.453 e. The minimum Gasteiger partial charge on any atom is -0.329 e. The fourth-order valence-electron chi connectivity index (χ4n) is 2.57. The van der Waals surface area contributed by atoms with E-state index < -0.39 is 12.0 Å². The molecule has 0 spiro atoms. The van der Waals surface area contributed by atoms with Gasteiger partial charge in [0.25, 0.3) is 5.82 Å². The van der Waals surface area contributed by atoms with E-state index in [2.05, 4.69) is 15.3 Å². The van der Waals surface area contributed by atoms with Crippen molar-refractivity contribution in [2.75, 3.05) is 6.54 Å². The molecule has 0 bridgehead atoms. The first-order valence-electron chi connectivity index (χ1n) is 5.96. The zero-order valence-electron chi connectivity index (χ0n) is 9.94. The molecule has 5 nitrogen and oxygen atoms in total. The van der Waals surface area contributed by atoms with Crippen LogP contribution >= 0.6 is 11.3 Å². The summed E-state index contributed by atoms with van der Waals surface area (Å²) in [7, 11) is 0. The van der Waals surface area contributed by atoms with E-state index in [1.807, 2.05) is 0 Å². The molecule has 0 aromatic carbocycles. The van der Waals surface area contributed by atoms with Crippen LogP contribution in [0.2, 0.25) is 0 Å². The summed E-state index contributed by atoms with van der Waals surface area (Å²) >= 11 is 1.15. The summed E-state index contributed by atoms with van der Waals surface area (Å²) in [6.07, 6.45) is -0.743. The van der Waals surface area contributed by atoms with Gasteiger partial charge < -0.3 is 5.73 Å². The maximum Gasteiger partial charge on any atom is 0.453 e. The zero-order chi connectivity index (χ0) is 13.7. The molecule has 2 aromatic rings. The van der Waals surface area contributed by atoms with Crippen molar-refractivity contribution in [3.8, 4) is 0 Å². The number of halogens is 3. The van der Waals surface area contributed by atoms with Crippen molar-refractivity contribution < 1.29 is 13.2 Å². The normalized spacial score (nSPS) is 19.4. The first-order valence-corrected chi connectivity index (χ1v) is 6.78. The fraction of sp³-hybridized carbons (Fsp3) is 0.700. The molecule has 3 rings (SSSR count). The first-order chi connectivity index (χ1) is 8.96. The van der Waals surface area contributed by atoms with Crippen LogP contribution < -0.4 is 5.73 Å². The Morgan fingerprint density at radius 2 is 1.95 bits per heavy atom. The van der Waals surface area contributed by atoms with Crippen LogP contribution in [0, 0.1) is 0 Å². The van der Waals surface area contributed by atoms with Crippen molar-refractivity contribution in [3.63, 3.8) is 0 Å². The molecule has 0 atom stereocenters. The molecular weight excluding hydrogens is 279 g/mol. The molecule has 1 aliphatic rings. The van der Waals surface area contributed by atoms with Crippen LogP contribution in [0.4, 0.5) is 13.2 Å². The van der Waals surface area contributed by atoms with Crippen molar-refractivity contribution in [2.45, 2.75) is 37.3 Å². The minimum absolute atomic E-state index is 0.169. The Kier molecular flexibility index (Phi) is 2.79. The van der Waals surface area contributed by atoms with Gasteiger partial charge in [-0.15, -0.1) is 10.2 Å². The summed E-state index contributed by atoms with van der Waals surface area (Å²) in [6.45, 7) is 0.401. The SMILES string of the molecule is NCC1(c2nn3c(C(F)(F)F)nnc3s2)CCCC1. The molecule has 0 amide bonds. The van der Waals surface area contributed by atoms with Crippen LogP contribution in [0.1, 0.15) is 36.5 Å². The average molecular weight is 291 g/mol. The molecule has 0 aliphatic heterocycles. The number of alkyl halides is 3. The zero-order valence-corrected chi connectivity index (χ0v) is 10.8. The Hall–Kier alpha value is -1.22. The van der Waals surface area contributed by atoms with Gasteiger partial charge in [-0.1, -0.05) is 24.2 Å². The smallest absolute Gasteiger partial charge is 0.329 e. The van der Waals surface area contributed by atoms with Crippen molar-refractivity contribution in [3.05, 3.63) is 10.8 Å². The Morgan fingerprint density at radius 3 is 2.53 bits per heavy atom. The van der Waals surface area contributed by atoms with Crippen LogP contribution in [0.5, 0.6) is 0 Å². The Labute approximate surface area is 110 Å². The Morgan fingerprint density at radius 1 is 1.26 bits per heavy atom. The summed E-state index contributed by atoms with van der Waals surface area (Å²) in [4.78, 5) is 0.169. The molecule has 1 aliphatic carbocycles. The highest BCUT2D eigenvalue weighted by Gasteiger charge is 2.41. The second-order valence-corrected chi connectivity index (χ2v) is 5.77. The van der Waals surface area contributed by atoms with Gasteiger partial charge in [0.05, 0.1) is 0 Å². The van der Waals surface area contributed by atoms with E-state index in [-0.39, 0.29) is 10.4 Å². The van der Waals surface area contributed by atoms with Gasteiger partial charge in [0.15, 0.2) is 0 Å². The summed E-state index contributed by atoms with van der Waals surface area (Å²) in [6, 6.07) is 0. The highest BCUT2D eigenvalue weighted by molar-refractivity contribution is 7.16. The number of nitrogens with two attached hydrogens (primary N) is 1. The minimum atomic E-state index is -4.55. The van der Waals surface area contributed by atoms with Gasteiger partial charge in [-0.05, 0) is 12.8 Å². The molecule has 1 fully saturated rings. The van der Waals surface area contributed by atoms with E-state index in [9.17, 15) is 13.2 Å². The van der Waals surface area contributed by atoms with Crippen LogP contribution in [-0.2, 0) is 11.6 Å². The Bertz CT molecular complexity index is 596. The molecule has 9 heteroatoms. The molecule has 2 heterocycles. The summed E-state index contributed by atoms with van der Waals surface area (Å²) < 4.78 is 39.0. The van der Waals surface area contributed by atoms with Gasteiger partial charge in [-0.2, -0.15) is 22.8 Å². The molecule has 0 unspecified atom stereocenters. The third kappa shape index (κ3) is 1.91. The van der Waals surface area contributed by atoms with Gasteiger partial charge in [-0.25, -0.2) is 0 Å². The number of aromatic nitrogens is 4. The Balaban J connectivity index is 2.10. The van der Waals surface area contributed by atoms with Gasteiger partial charge >= 0.3 is 6.18 Å². The highest BCUT2D eigenvalue weighted by atomic mass is 32.1. The highest BCUT2D eigenvalue weighted by Crippen LogP contribution is 2.42.